The van der Waals surface area contributed by atoms with Gasteiger partial charge in [0.1, 0.15) is 23.1 Å². The van der Waals surface area contributed by atoms with Gasteiger partial charge in [0.25, 0.3) is 0 Å². The maximum atomic E-state index is 13.1. The van der Waals surface area contributed by atoms with Crippen molar-refractivity contribution in [2.75, 3.05) is 5.32 Å². The smallest absolute Gasteiger partial charge is 0.229 e. The first-order chi connectivity index (χ1) is 10.0. The standard InChI is InChI=1S/C13H11ClFN5O/c1-6-9(15)4-16-12(19-6)7-2-8(7)13(21)20-11-3-10(14)17-5-18-11/h3-5,7-8H,2H2,1H3,(H,17,18,20,21)/t7-,8-/m0/s1. The van der Waals surface area contributed by atoms with E-state index in [1.165, 1.54) is 12.4 Å². The van der Waals surface area contributed by atoms with Crippen LogP contribution >= 0.6 is 11.6 Å². The lowest BCUT2D eigenvalue weighted by Gasteiger charge is -2.04. The molecule has 2 aromatic rings. The van der Waals surface area contributed by atoms with Crippen LogP contribution < -0.4 is 5.32 Å². The molecule has 8 heteroatoms. The van der Waals surface area contributed by atoms with E-state index >= 15 is 0 Å². The summed E-state index contributed by atoms with van der Waals surface area (Å²) in [4.78, 5) is 27.7. The molecule has 0 aromatic carbocycles. The predicted octanol–water partition coefficient (Wildman–Crippen LogP) is 2.11. The van der Waals surface area contributed by atoms with Crippen LogP contribution in [0.4, 0.5) is 10.2 Å². The number of nitrogens with zero attached hydrogens (tertiary/aromatic N) is 4. The Kier molecular flexibility index (Phi) is 3.50. The van der Waals surface area contributed by atoms with Gasteiger partial charge in [-0.25, -0.2) is 24.3 Å². The van der Waals surface area contributed by atoms with Crippen LogP contribution in [0.2, 0.25) is 5.15 Å². The molecule has 1 fully saturated rings. The van der Waals surface area contributed by atoms with Gasteiger partial charge in [-0.2, -0.15) is 0 Å². The number of hydrogen-bond acceptors (Lipinski definition) is 5. The van der Waals surface area contributed by atoms with Crippen molar-refractivity contribution in [1.29, 1.82) is 0 Å². The third kappa shape index (κ3) is 2.97. The molecular weight excluding hydrogens is 297 g/mol. The minimum atomic E-state index is -0.448. The summed E-state index contributed by atoms with van der Waals surface area (Å²) in [6, 6.07) is 1.47. The normalized spacial score (nSPS) is 20.1. The van der Waals surface area contributed by atoms with Crippen LogP contribution in [0.3, 0.4) is 0 Å². The van der Waals surface area contributed by atoms with E-state index in [0.717, 1.165) is 6.20 Å². The zero-order valence-corrected chi connectivity index (χ0v) is 11.8. The maximum absolute atomic E-state index is 13.1. The van der Waals surface area contributed by atoms with Gasteiger partial charge in [0.15, 0.2) is 5.82 Å². The molecule has 6 nitrogen and oxygen atoms in total. The Morgan fingerprint density at radius 3 is 2.95 bits per heavy atom. The lowest BCUT2D eigenvalue weighted by Crippen LogP contribution is -2.16. The Morgan fingerprint density at radius 1 is 1.43 bits per heavy atom. The van der Waals surface area contributed by atoms with Gasteiger partial charge in [0, 0.05) is 17.9 Å². The summed E-state index contributed by atoms with van der Waals surface area (Å²) in [5.41, 5.74) is 0.286. The number of carbonyl (C=O) groups is 1. The van der Waals surface area contributed by atoms with E-state index in [9.17, 15) is 9.18 Å². The first-order valence-electron chi connectivity index (χ1n) is 6.32. The second kappa shape index (κ2) is 5.33. The predicted molar refractivity (Wildman–Crippen MR) is 73.2 cm³/mol. The number of nitrogens with one attached hydrogen (secondary N) is 1. The quantitative estimate of drug-likeness (QED) is 0.878. The average Bonchev–Trinajstić information content (AvgIpc) is 3.22. The van der Waals surface area contributed by atoms with E-state index in [1.807, 2.05) is 0 Å². The first kappa shape index (κ1) is 13.8. The summed E-state index contributed by atoms with van der Waals surface area (Å²) in [5, 5.41) is 2.92. The van der Waals surface area contributed by atoms with Crippen LogP contribution in [-0.2, 0) is 4.79 Å². The molecule has 1 saturated carbocycles. The van der Waals surface area contributed by atoms with Crippen LogP contribution in [0.15, 0.2) is 18.6 Å². The van der Waals surface area contributed by atoms with Crippen molar-refractivity contribution in [3.63, 3.8) is 0 Å². The molecule has 0 radical (unpaired) electrons. The van der Waals surface area contributed by atoms with Gasteiger partial charge < -0.3 is 5.32 Å². The van der Waals surface area contributed by atoms with Gasteiger partial charge in [-0.05, 0) is 13.3 Å². The molecule has 1 aliphatic carbocycles. The van der Waals surface area contributed by atoms with E-state index in [1.54, 1.807) is 6.92 Å². The highest BCUT2D eigenvalue weighted by molar-refractivity contribution is 6.29. The zero-order valence-electron chi connectivity index (χ0n) is 11.0. The van der Waals surface area contributed by atoms with E-state index in [2.05, 4.69) is 25.3 Å². The summed E-state index contributed by atoms with van der Waals surface area (Å²) in [7, 11) is 0. The highest BCUT2D eigenvalue weighted by Gasteiger charge is 2.46. The Bertz CT molecular complexity index is 711. The Hall–Kier alpha value is -2.15. The molecule has 3 rings (SSSR count). The van der Waals surface area contributed by atoms with Crippen molar-refractivity contribution in [2.24, 2.45) is 5.92 Å². The highest BCUT2D eigenvalue weighted by atomic mass is 35.5. The molecule has 0 unspecified atom stereocenters. The van der Waals surface area contributed by atoms with Gasteiger partial charge >= 0.3 is 0 Å². The largest absolute Gasteiger partial charge is 0.310 e. The molecule has 2 aromatic heterocycles. The van der Waals surface area contributed by atoms with E-state index in [4.69, 9.17) is 11.6 Å². The van der Waals surface area contributed by atoms with Crippen molar-refractivity contribution < 1.29 is 9.18 Å². The number of halogens is 2. The van der Waals surface area contributed by atoms with Crippen molar-refractivity contribution in [1.82, 2.24) is 19.9 Å². The van der Waals surface area contributed by atoms with Crippen molar-refractivity contribution in [3.8, 4) is 0 Å². The van der Waals surface area contributed by atoms with Crippen LogP contribution in [0, 0.1) is 18.7 Å². The summed E-state index contributed by atoms with van der Waals surface area (Å²) in [5.74, 6) is -0.0989. The van der Waals surface area contributed by atoms with E-state index < -0.39 is 5.82 Å². The maximum Gasteiger partial charge on any atom is 0.229 e. The van der Waals surface area contributed by atoms with Crippen LogP contribution in [0.5, 0.6) is 0 Å². The Labute approximate surface area is 124 Å². The van der Waals surface area contributed by atoms with Gasteiger partial charge in [-0.15, -0.1) is 0 Å². The number of aromatic nitrogens is 4. The molecule has 1 N–H and O–H groups in total. The SMILES string of the molecule is Cc1nc([C@H]2C[C@@H]2C(=O)Nc2cc(Cl)ncn2)ncc1F. The third-order valence-electron chi connectivity index (χ3n) is 3.28. The minimum absolute atomic E-state index is 0.0818. The van der Waals surface area contributed by atoms with Gasteiger partial charge in [-0.3, -0.25) is 4.79 Å². The molecule has 21 heavy (non-hydrogen) atoms. The van der Waals surface area contributed by atoms with Gasteiger partial charge in [0.05, 0.1) is 11.9 Å². The third-order valence-corrected chi connectivity index (χ3v) is 3.49. The minimum Gasteiger partial charge on any atom is -0.310 e. The number of rotatable bonds is 3. The molecule has 1 amide bonds. The molecule has 1 aliphatic rings. The molecule has 0 saturated heterocycles. The van der Waals surface area contributed by atoms with Crippen LogP contribution in [-0.4, -0.2) is 25.8 Å². The van der Waals surface area contributed by atoms with Gasteiger partial charge in [0.2, 0.25) is 5.91 Å². The first-order valence-corrected chi connectivity index (χ1v) is 6.70. The second-order valence-corrected chi connectivity index (χ2v) is 5.21. The number of anilines is 1. The monoisotopic (exact) mass is 307 g/mol. The number of carbonyl (C=O) groups excluding carboxylic acids is 1. The summed E-state index contributed by atoms with van der Waals surface area (Å²) in [6.45, 7) is 1.57. The number of aryl methyl sites for hydroxylation is 1. The average molecular weight is 308 g/mol. The molecule has 0 spiro atoms. The van der Waals surface area contributed by atoms with Crippen molar-refractivity contribution in [3.05, 3.63) is 41.1 Å². The fourth-order valence-corrected chi connectivity index (χ4v) is 2.19. The lowest BCUT2D eigenvalue weighted by molar-refractivity contribution is -0.117. The summed E-state index contributed by atoms with van der Waals surface area (Å²) < 4.78 is 13.1. The molecule has 2 heterocycles. The zero-order chi connectivity index (χ0) is 15.0. The highest BCUT2D eigenvalue weighted by Crippen LogP contribution is 2.46. The van der Waals surface area contributed by atoms with E-state index in [0.29, 0.717) is 18.1 Å². The summed E-state index contributed by atoms with van der Waals surface area (Å²) >= 11 is 5.72. The fraction of sp³-hybridized carbons (Fsp3) is 0.308. The number of amides is 1. The second-order valence-electron chi connectivity index (χ2n) is 4.83. The van der Waals surface area contributed by atoms with Crippen molar-refractivity contribution >= 4 is 23.3 Å². The summed E-state index contributed by atoms with van der Waals surface area (Å²) in [6.07, 6.45) is 3.04. The molecule has 108 valence electrons. The molecular formula is C13H11ClFN5O. The molecule has 0 aliphatic heterocycles. The fourth-order valence-electron chi connectivity index (χ4n) is 2.04. The topological polar surface area (TPSA) is 80.7 Å². The molecule has 2 atom stereocenters. The van der Waals surface area contributed by atoms with Crippen LogP contribution in [0.1, 0.15) is 23.9 Å². The Morgan fingerprint density at radius 2 is 2.24 bits per heavy atom. The van der Waals surface area contributed by atoms with Crippen LogP contribution in [0.25, 0.3) is 0 Å². The Balaban J connectivity index is 1.67. The van der Waals surface area contributed by atoms with Gasteiger partial charge in [-0.1, -0.05) is 11.6 Å². The number of hydrogen-bond donors (Lipinski definition) is 1. The molecule has 0 bridgehead atoms. The van der Waals surface area contributed by atoms with Crippen molar-refractivity contribution in [2.45, 2.75) is 19.3 Å². The lowest BCUT2D eigenvalue weighted by atomic mass is 10.2. The van der Waals surface area contributed by atoms with E-state index in [-0.39, 0.29) is 28.6 Å².